The molecule has 4 aliphatic rings. The van der Waals surface area contributed by atoms with E-state index in [1.807, 2.05) is 25.4 Å². The number of imide groups is 2. The lowest BCUT2D eigenvalue weighted by Gasteiger charge is -2.37. The quantitative estimate of drug-likeness (QED) is 0.121. The van der Waals surface area contributed by atoms with Gasteiger partial charge in [0.05, 0.1) is 16.5 Å². The average molecular weight is 839 g/mol. The van der Waals surface area contributed by atoms with Crippen molar-refractivity contribution >= 4 is 69.5 Å². The summed E-state index contributed by atoms with van der Waals surface area (Å²) in [5, 5.41) is 12.5. The molecule has 16 heteroatoms. The number of hydrogen-bond donors (Lipinski definition) is 2. The van der Waals surface area contributed by atoms with Crippen LogP contribution in [0, 0.1) is 19.8 Å². The summed E-state index contributed by atoms with van der Waals surface area (Å²) < 4.78 is 6.81. The summed E-state index contributed by atoms with van der Waals surface area (Å²) in [7, 11) is 1.89. The lowest BCUT2D eigenvalue weighted by Crippen LogP contribution is -2.56. The van der Waals surface area contributed by atoms with Crippen molar-refractivity contribution in [3.05, 3.63) is 94.2 Å². The molecule has 62 heavy (non-hydrogen) atoms. The summed E-state index contributed by atoms with van der Waals surface area (Å²) in [6.07, 6.45) is 4.83. The summed E-state index contributed by atoms with van der Waals surface area (Å²) in [6, 6.07) is 16.8. The first-order valence-corrected chi connectivity index (χ1v) is 21.4. The van der Waals surface area contributed by atoms with Gasteiger partial charge in [-0.25, -0.2) is 14.6 Å². The van der Waals surface area contributed by atoms with Crippen molar-refractivity contribution < 1.29 is 28.7 Å². The third kappa shape index (κ3) is 7.74. The van der Waals surface area contributed by atoms with Crippen LogP contribution in [0.5, 0.6) is 0 Å². The maximum atomic E-state index is 13.7. The van der Waals surface area contributed by atoms with Crippen molar-refractivity contribution in [2.75, 3.05) is 48.4 Å². The van der Waals surface area contributed by atoms with Crippen molar-refractivity contribution in [3.8, 4) is 0 Å². The molecule has 0 spiro atoms. The van der Waals surface area contributed by atoms with Crippen LogP contribution in [0.3, 0.4) is 0 Å². The van der Waals surface area contributed by atoms with Gasteiger partial charge in [0.15, 0.2) is 18.2 Å². The molecule has 0 bridgehead atoms. The van der Waals surface area contributed by atoms with Crippen LogP contribution in [0.15, 0.2) is 60.8 Å². The van der Waals surface area contributed by atoms with E-state index < -0.39 is 42.4 Å². The molecule has 4 amide bonds. The number of benzene rings is 3. The molecule has 0 aliphatic carbocycles. The molecule has 16 nitrogen and oxygen atoms in total. The fourth-order valence-corrected chi connectivity index (χ4v) is 9.20. The average Bonchev–Trinajstić information content (AvgIpc) is 3.71. The number of hydrogen-bond acceptors (Lipinski definition) is 13. The van der Waals surface area contributed by atoms with Crippen LogP contribution in [0.1, 0.15) is 82.0 Å². The van der Waals surface area contributed by atoms with E-state index in [9.17, 15) is 24.0 Å². The summed E-state index contributed by atoms with van der Waals surface area (Å²) in [6.45, 7) is 9.69. The van der Waals surface area contributed by atoms with E-state index in [2.05, 4.69) is 69.6 Å². The minimum absolute atomic E-state index is 0.0232. The minimum atomic E-state index is -1.15. The van der Waals surface area contributed by atoms with Crippen molar-refractivity contribution in [2.24, 2.45) is 13.0 Å². The molecule has 6 heterocycles. The highest BCUT2D eigenvalue weighted by molar-refractivity contribution is 6.23. The number of aromatic nitrogens is 4. The first-order valence-electron chi connectivity index (χ1n) is 21.4. The number of rotatable bonds is 11. The van der Waals surface area contributed by atoms with Gasteiger partial charge in [0.2, 0.25) is 11.9 Å². The molecular weight excluding hydrogens is 789 g/mol. The van der Waals surface area contributed by atoms with Gasteiger partial charge >= 0.3 is 5.97 Å². The second kappa shape index (κ2) is 16.6. The number of nitrogens with zero attached hydrogens (tertiary/aromatic N) is 8. The number of para-hydroxylation sites is 1. The fourth-order valence-electron chi connectivity index (χ4n) is 9.20. The second-order valence-corrected chi connectivity index (χ2v) is 16.7. The Hall–Kier alpha value is -6.68. The summed E-state index contributed by atoms with van der Waals surface area (Å²) >= 11 is 0. The number of carbonyl (C=O) groups excluding carboxylic acids is 5. The van der Waals surface area contributed by atoms with E-state index in [0.29, 0.717) is 17.7 Å². The Balaban J connectivity index is 0.798. The largest absolute Gasteiger partial charge is 0.444 e. The summed E-state index contributed by atoms with van der Waals surface area (Å²) in [5.74, 6) is -1.17. The monoisotopic (exact) mass is 838 g/mol. The van der Waals surface area contributed by atoms with Gasteiger partial charge in [0.1, 0.15) is 6.04 Å². The van der Waals surface area contributed by atoms with Crippen molar-refractivity contribution in [1.82, 2.24) is 34.4 Å². The number of piperidine rings is 2. The molecule has 2 saturated heterocycles. The molecule has 2 aromatic heterocycles. The van der Waals surface area contributed by atoms with Crippen molar-refractivity contribution in [3.63, 3.8) is 0 Å². The van der Waals surface area contributed by atoms with Gasteiger partial charge in [0, 0.05) is 75.9 Å². The van der Waals surface area contributed by atoms with E-state index in [1.54, 1.807) is 23.7 Å². The molecule has 1 atom stereocenters. The zero-order valence-electron chi connectivity index (χ0n) is 35.4. The number of carbonyl (C=O) groups is 5. The zero-order valence-corrected chi connectivity index (χ0v) is 35.4. The number of nitrogens with one attached hydrogen (secondary N) is 2. The lowest BCUT2D eigenvalue weighted by atomic mass is 9.93. The SMILES string of the molecule is CCC(=O)OCN1C(=O)CCC(N2C(=O)c3ccc(N4CCC(CN5CCc6ccc(Nc7ncc8c(Nc9c(C)cccc9C)nn(C)c8n7)cc6C5)CC4)cc3C2=O)C1=O. The molecule has 0 radical (unpaired) electrons. The number of amides is 4. The zero-order chi connectivity index (χ0) is 43.2. The Labute approximate surface area is 359 Å². The fraction of sp³-hybridized carbons (Fsp3) is 0.391. The molecular formula is C46H50N10O6. The summed E-state index contributed by atoms with van der Waals surface area (Å²) in [5.41, 5.74) is 8.97. The van der Waals surface area contributed by atoms with E-state index in [0.717, 1.165) is 101 Å². The number of aryl methyl sites for hydroxylation is 3. The van der Waals surface area contributed by atoms with Gasteiger partial charge < -0.3 is 20.3 Å². The molecule has 2 N–H and O–H groups in total. The van der Waals surface area contributed by atoms with E-state index in [-0.39, 0.29) is 30.4 Å². The van der Waals surface area contributed by atoms with Gasteiger partial charge in [-0.1, -0.05) is 31.2 Å². The van der Waals surface area contributed by atoms with Crippen LogP contribution < -0.4 is 15.5 Å². The lowest BCUT2D eigenvalue weighted by molar-refractivity contribution is -0.163. The second-order valence-electron chi connectivity index (χ2n) is 16.7. The Morgan fingerprint density at radius 1 is 0.871 bits per heavy atom. The number of likely N-dealkylation sites (tertiary alicyclic amines) is 1. The Bertz CT molecular complexity index is 2610. The molecule has 5 aromatic rings. The molecule has 2 fully saturated rings. The topological polar surface area (TPSA) is 175 Å². The maximum Gasteiger partial charge on any atom is 0.307 e. The molecule has 4 aliphatic heterocycles. The van der Waals surface area contributed by atoms with Crippen LogP contribution in [-0.2, 0) is 39.1 Å². The molecule has 3 aromatic carbocycles. The minimum Gasteiger partial charge on any atom is -0.444 e. The third-order valence-corrected chi connectivity index (χ3v) is 12.7. The summed E-state index contributed by atoms with van der Waals surface area (Å²) in [4.78, 5) is 80.8. The predicted molar refractivity (Wildman–Crippen MR) is 232 cm³/mol. The first-order chi connectivity index (χ1) is 29.9. The van der Waals surface area contributed by atoms with Crippen molar-refractivity contribution in [2.45, 2.75) is 71.9 Å². The third-order valence-electron chi connectivity index (χ3n) is 12.7. The predicted octanol–water partition coefficient (Wildman–Crippen LogP) is 5.77. The van der Waals surface area contributed by atoms with Gasteiger partial charge in [-0.3, -0.25) is 33.8 Å². The number of anilines is 5. The van der Waals surface area contributed by atoms with Crippen LogP contribution in [0.25, 0.3) is 11.0 Å². The van der Waals surface area contributed by atoms with E-state index >= 15 is 0 Å². The maximum absolute atomic E-state index is 13.7. The Morgan fingerprint density at radius 3 is 2.42 bits per heavy atom. The van der Waals surface area contributed by atoms with Crippen molar-refractivity contribution in [1.29, 1.82) is 0 Å². The van der Waals surface area contributed by atoms with Crippen LogP contribution >= 0.6 is 0 Å². The number of ether oxygens (including phenoxy) is 1. The van der Waals surface area contributed by atoms with Crippen LogP contribution in [0.2, 0.25) is 0 Å². The highest BCUT2D eigenvalue weighted by Gasteiger charge is 2.47. The molecule has 0 saturated carbocycles. The standard InChI is InChI=1S/C46H50N10O6/c1-5-39(58)62-26-55-38(57)14-13-37(45(55)61)56-43(59)34-12-11-33(22-35(34)44(56)60)54-19-15-29(16-20-54)24-53-18-17-30-9-10-32(21-31(30)25-53)48-46-47-23-36-41(51-52(4)42(36)50-46)49-40-27(2)7-6-8-28(40)3/h6-12,21-23,29,37H,5,13-20,24-26H2,1-4H3,(H,49,51)(H,47,48,50). The van der Waals surface area contributed by atoms with Gasteiger partial charge in [-0.05, 0) is 98.0 Å². The van der Waals surface area contributed by atoms with Crippen LogP contribution in [0.4, 0.5) is 28.8 Å². The van der Waals surface area contributed by atoms with Gasteiger partial charge in [0.25, 0.3) is 17.7 Å². The highest BCUT2D eigenvalue weighted by atomic mass is 16.5. The Morgan fingerprint density at radius 2 is 1.65 bits per heavy atom. The number of fused-ring (bicyclic) bond motifs is 3. The van der Waals surface area contributed by atoms with E-state index in [1.165, 1.54) is 11.1 Å². The van der Waals surface area contributed by atoms with Crippen LogP contribution in [-0.4, -0.2) is 103 Å². The highest BCUT2D eigenvalue weighted by Crippen LogP contribution is 2.35. The Kier molecular flexibility index (Phi) is 10.9. The number of esters is 1. The molecule has 1 unspecified atom stereocenters. The first kappa shape index (κ1) is 40.7. The normalized spacial score (nSPS) is 18.4. The molecule has 320 valence electrons. The molecule has 9 rings (SSSR count). The smallest absolute Gasteiger partial charge is 0.307 e. The van der Waals surface area contributed by atoms with E-state index in [4.69, 9.17) is 14.8 Å². The van der Waals surface area contributed by atoms with Gasteiger partial charge in [-0.2, -0.15) is 10.1 Å². The van der Waals surface area contributed by atoms with Gasteiger partial charge in [-0.15, -0.1) is 0 Å².